The number of aromatic nitrogens is 4. The third-order valence-electron chi connectivity index (χ3n) is 4.90. The van der Waals surface area contributed by atoms with Crippen LogP contribution in [0.25, 0.3) is 11.3 Å². The maximum absolute atomic E-state index is 14.1. The minimum absolute atomic E-state index is 0.0508. The summed E-state index contributed by atoms with van der Waals surface area (Å²) in [5.41, 5.74) is 9.27. The Kier molecular flexibility index (Phi) is 4.46. The van der Waals surface area contributed by atoms with Crippen molar-refractivity contribution in [3.8, 4) is 17.1 Å². The molecule has 0 fully saturated rings. The molecule has 1 aliphatic rings. The number of nitrogens with two attached hydrogens (primary N) is 1. The molecule has 3 aromatic rings. The maximum atomic E-state index is 14.1. The smallest absolute Gasteiger partial charge is 0.240 e. The number of nitrogens with zero attached hydrogens (tertiary/aromatic N) is 4. The summed E-state index contributed by atoms with van der Waals surface area (Å²) in [4.78, 5) is 29.6. The minimum atomic E-state index is -0.406. The van der Waals surface area contributed by atoms with Crippen molar-refractivity contribution in [3.63, 3.8) is 0 Å². The number of fused-ring (bicyclic) bond motifs is 1. The lowest BCUT2D eigenvalue weighted by atomic mass is 9.79. The number of halogens is 1. The van der Waals surface area contributed by atoms with E-state index >= 15 is 0 Å². The molecule has 0 saturated heterocycles. The summed E-state index contributed by atoms with van der Waals surface area (Å²) in [6.45, 7) is 1.75. The molecule has 4 rings (SSSR count). The molecule has 1 atom stereocenters. The van der Waals surface area contributed by atoms with Crippen LogP contribution in [0, 0.1) is 12.7 Å². The highest BCUT2D eigenvalue weighted by atomic mass is 19.1. The summed E-state index contributed by atoms with van der Waals surface area (Å²) in [6.07, 6.45) is 3.79. The minimum Gasteiger partial charge on any atom is -0.479 e. The quantitative estimate of drug-likeness (QED) is 0.746. The van der Waals surface area contributed by atoms with Crippen LogP contribution in [-0.2, 0) is 6.42 Å². The number of carbonyl (C=O) groups excluding carboxylic acids is 1. The van der Waals surface area contributed by atoms with Crippen LogP contribution >= 0.6 is 0 Å². The van der Waals surface area contributed by atoms with E-state index < -0.39 is 5.82 Å². The molecule has 28 heavy (non-hydrogen) atoms. The Morgan fingerprint density at radius 3 is 2.75 bits per heavy atom. The average molecular weight is 379 g/mol. The number of rotatable bonds is 3. The van der Waals surface area contributed by atoms with E-state index in [1.165, 1.54) is 31.6 Å². The van der Waals surface area contributed by atoms with Gasteiger partial charge in [0.1, 0.15) is 11.5 Å². The number of ether oxygens (including phenoxy) is 1. The van der Waals surface area contributed by atoms with Crippen molar-refractivity contribution in [3.05, 3.63) is 58.9 Å². The largest absolute Gasteiger partial charge is 0.479 e. The first-order valence-corrected chi connectivity index (χ1v) is 8.79. The Hall–Kier alpha value is -3.42. The summed E-state index contributed by atoms with van der Waals surface area (Å²) in [5, 5.41) is 0. The molecule has 0 amide bonds. The number of benzene rings is 1. The summed E-state index contributed by atoms with van der Waals surface area (Å²) in [5.74, 6) is -0.225. The zero-order valence-corrected chi connectivity index (χ0v) is 15.4. The van der Waals surface area contributed by atoms with Gasteiger partial charge in [0.2, 0.25) is 11.8 Å². The molecule has 2 aromatic heterocycles. The van der Waals surface area contributed by atoms with Gasteiger partial charge < -0.3 is 10.5 Å². The molecule has 0 bridgehead atoms. The average Bonchev–Trinajstić information content (AvgIpc) is 2.66. The molecule has 0 radical (unpaired) electrons. The Labute approximate surface area is 160 Å². The van der Waals surface area contributed by atoms with Crippen LogP contribution in [0.1, 0.15) is 39.6 Å². The number of nitrogen functional groups attached to an aromatic ring is 1. The van der Waals surface area contributed by atoms with Gasteiger partial charge >= 0.3 is 0 Å². The number of ketones is 1. The Bertz CT molecular complexity index is 1090. The Morgan fingerprint density at radius 2 is 1.96 bits per heavy atom. The molecule has 7 nitrogen and oxygen atoms in total. The van der Waals surface area contributed by atoms with Crippen LogP contribution in [0.5, 0.6) is 5.88 Å². The molecule has 1 aromatic carbocycles. The van der Waals surface area contributed by atoms with Gasteiger partial charge in [-0.15, -0.1) is 0 Å². The molecule has 1 unspecified atom stereocenters. The second-order valence-corrected chi connectivity index (χ2v) is 6.66. The van der Waals surface area contributed by atoms with Crippen molar-refractivity contribution in [1.82, 2.24) is 19.9 Å². The molecule has 2 heterocycles. The lowest BCUT2D eigenvalue weighted by molar-refractivity contribution is 0.0962. The van der Waals surface area contributed by atoms with Crippen molar-refractivity contribution in [2.45, 2.75) is 25.7 Å². The van der Waals surface area contributed by atoms with Crippen LogP contribution in [-0.4, -0.2) is 32.8 Å². The zero-order valence-electron chi connectivity index (χ0n) is 15.4. The van der Waals surface area contributed by atoms with Crippen LogP contribution in [0.3, 0.4) is 0 Å². The molecule has 142 valence electrons. The van der Waals surface area contributed by atoms with E-state index in [1.807, 2.05) is 0 Å². The highest BCUT2D eigenvalue weighted by molar-refractivity contribution is 6.00. The van der Waals surface area contributed by atoms with E-state index in [1.54, 1.807) is 13.0 Å². The first-order valence-electron chi connectivity index (χ1n) is 8.79. The van der Waals surface area contributed by atoms with Crippen molar-refractivity contribution < 1.29 is 13.9 Å². The zero-order chi connectivity index (χ0) is 19.8. The molecule has 0 aliphatic heterocycles. The van der Waals surface area contributed by atoms with Crippen molar-refractivity contribution >= 4 is 11.7 Å². The predicted octanol–water partition coefficient (Wildman–Crippen LogP) is 2.88. The lowest BCUT2D eigenvalue weighted by Crippen LogP contribution is -2.23. The van der Waals surface area contributed by atoms with Gasteiger partial charge in [-0.25, -0.2) is 24.3 Å². The molecule has 8 heteroatoms. The van der Waals surface area contributed by atoms with Crippen molar-refractivity contribution in [1.29, 1.82) is 0 Å². The van der Waals surface area contributed by atoms with E-state index in [4.69, 9.17) is 10.5 Å². The molecular weight excluding hydrogens is 361 g/mol. The predicted molar refractivity (Wildman–Crippen MR) is 101 cm³/mol. The summed E-state index contributed by atoms with van der Waals surface area (Å²) in [6, 6.07) is 4.45. The molecule has 0 spiro atoms. The van der Waals surface area contributed by atoms with Gasteiger partial charge in [-0.05, 0) is 37.0 Å². The third-order valence-corrected chi connectivity index (χ3v) is 4.90. The summed E-state index contributed by atoms with van der Waals surface area (Å²) in [7, 11) is 1.48. The van der Waals surface area contributed by atoms with Crippen molar-refractivity contribution in [2.24, 2.45) is 0 Å². The van der Waals surface area contributed by atoms with Crippen LogP contribution in [0.15, 0.2) is 30.6 Å². The number of Topliss-reactive ketones (excluding diaryl/α,β-unsaturated/α-hetero) is 1. The lowest BCUT2D eigenvalue weighted by Gasteiger charge is -2.26. The van der Waals surface area contributed by atoms with Gasteiger partial charge in [0.05, 0.1) is 24.1 Å². The second-order valence-electron chi connectivity index (χ2n) is 6.66. The number of methoxy groups -OCH3 is 1. The number of carbonyl (C=O) groups is 1. The van der Waals surface area contributed by atoms with Crippen LogP contribution in [0.2, 0.25) is 0 Å². The van der Waals surface area contributed by atoms with Gasteiger partial charge in [-0.2, -0.15) is 0 Å². The van der Waals surface area contributed by atoms with Crippen LogP contribution in [0.4, 0.5) is 10.3 Å². The topological polar surface area (TPSA) is 104 Å². The van der Waals surface area contributed by atoms with Gasteiger partial charge in [0.15, 0.2) is 5.78 Å². The third kappa shape index (κ3) is 3.06. The fourth-order valence-electron chi connectivity index (χ4n) is 3.77. The number of hydrogen-bond donors (Lipinski definition) is 1. The molecule has 0 saturated carbocycles. The van der Waals surface area contributed by atoms with E-state index in [-0.39, 0.29) is 24.1 Å². The fourth-order valence-corrected chi connectivity index (χ4v) is 3.77. The number of aryl methyl sites for hydroxylation is 1. The highest BCUT2D eigenvalue weighted by Gasteiger charge is 2.31. The van der Waals surface area contributed by atoms with Gasteiger partial charge in [-0.3, -0.25) is 4.79 Å². The fraction of sp³-hybridized carbons (Fsp3) is 0.250. The standard InChI is InChI=1S/C20H18FN5O2/c1-10-17-15(26-20(22)25-10)7-11(8-16(17)27)13-4-3-12(21)9-14(13)18-19(28-2)24-6-5-23-18/h3-6,9,11H,7-8H2,1-2H3,(H2,22,25,26). The van der Waals surface area contributed by atoms with Gasteiger partial charge in [0, 0.05) is 24.4 Å². The monoisotopic (exact) mass is 379 g/mol. The first kappa shape index (κ1) is 18.0. The maximum Gasteiger partial charge on any atom is 0.240 e. The van der Waals surface area contributed by atoms with Gasteiger partial charge in [0.25, 0.3) is 0 Å². The normalized spacial score (nSPS) is 16.0. The van der Waals surface area contributed by atoms with Gasteiger partial charge in [-0.1, -0.05) is 6.07 Å². The second kappa shape index (κ2) is 6.95. The van der Waals surface area contributed by atoms with E-state index in [9.17, 15) is 9.18 Å². The van der Waals surface area contributed by atoms with Crippen LogP contribution < -0.4 is 10.5 Å². The molecule has 1 aliphatic carbocycles. The highest BCUT2D eigenvalue weighted by Crippen LogP contribution is 2.39. The van der Waals surface area contributed by atoms with E-state index in [0.717, 1.165) is 5.56 Å². The summed E-state index contributed by atoms with van der Waals surface area (Å²) >= 11 is 0. The summed E-state index contributed by atoms with van der Waals surface area (Å²) < 4.78 is 19.4. The SMILES string of the molecule is COc1nccnc1-c1cc(F)ccc1C1CC(=O)c2c(C)nc(N)nc2C1. The Balaban J connectivity index is 1.84. The number of anilines is 1. The number of hydrogen-bond acceptors (Lipinski definition) is 7. The van der Waals surface area contributed by atoms with E-state index in [2.05, 4.69) is 19.9 Å². The molecular formula is C20H18FN5O2. The first-order chi connectivity index (χ1) is 13.5. The van der Waals surface area contributed by atoms with E-state index in [0.29, 0.717) is 40.5 Å². The van der Waals surface area contributed by atoms with Crippen molar-refractivity contribution in [2.75, 3.05) is 12.8 Å². The Morgan fingerprint density at radius 1 is 1.18 bits per heavy atom. The molecule has 2 N–H and O–H groups in total.